The lowest BCUT2D eigenvalue weighted by Crippen LogP contribution is -2.34. The zero-order valence-corrected chi connectivity index (χ0v) is 15.6. The lowest BCUT2D eigenvalue weighted by molar-refractivity contribution is -0.123. The maximum absolute atomic E-state index is 13.3. The van der Waals surface area contributed by atoms with Gasteiger partial charge in [-0.25, -0.2) is 9.37 Å². The Morgan fingerprint density at radius 2 is 1.96 bits per heavy atom. The van der Waals surface area contributed by atoms with Gasteiger partial charge < -0.3 is 14.6 Å². The zero-order valence-electron chi connectivity index (χ0n) is 15.6. The van der Waals surface area contributed by atoms with Gasteiger partial charge in [-0.15, -0.1) is 0 Å². The molecule has 6 heteroatoms. The van der Waals surface area contributed by atoms with Crippen LogP contribution in [0.3, 0.4) is 0 Å². The number of rotatable bonds is 6. The van der Waals surface area contributed by atoms with Crippen molar-refractivity contribution in [2.45, 2.75) is 19.9 Å². The molecule has 0 bridgehead atoms. The van der Waals surface area contributed by atoms with Crippen LogP contribution in [0.4, 0.5) is 4.39 Å². The lowest BCUT2D eigenvalue weighted by Gasteiger charge is -2.19. The second-order valence-electron chi connectivity index (χ2n) is 6.44. The fourth-order valence-corrected chi connectivity index (χ4v) is 2.83. The molecule has 2 aromatic carbocycles. The molecule has 3 rings (SSSR count). The van der Waals surface area contributed by atoms with Crippen LogP contribution in [0.5, 0.6) is 5.75 Å². The Morgan fingerprint density at radius 1 is 1.22 bits per heavy atom. The van der Waals surface area contributed by atoms with E-state index in [-0.39, 0.29) is 18.3 Å². The average molecular weight is 367 g/mol. The second kappa shape index (κ2) is 8.03. The standard InChI is InChI=1S/C21H22FN3O2/c1-14-5-4-6-18(15(14)2)27-13-19(26)24-20(21-23-11-12-25(21)3)16-7-9-17(22)10-8-16/h4-12,20H,13H2,1-3H3,(H,24,26). The number of carbonyl (C=O) groups excluding carboxylic acids is 1. The van der Waals surface area contributed by atoms with Crippen molar-refractivity contribution in [1.82, 2.24) is 14.9 Å². The normalized spacial score (nSPS) is 11.9. The second-order valence-corrected chi connectivity index (χ2v) is 6.44. The number of nitrogens with zero attached hydrogens (tertiary/aromatic N) is 2. The van der Waals surface area contributed by atoms with E-state index in [0.29, 0.717) is 11.6 Å². The molecule has 27 heavy (non-hydrogen) atoms. The molecule has 1 heterocycles. The van der Waals surface area contributed by atoms with E-state index < -0.39 is 6.04 Å². The molecule has 0 saturated carbocycles. The van der Waals surface area contributed by atoms with Crippen LogP contribution in [-0.4, -0.2) is 22.1 Å². The van der Waals surface area contributed by atoms with Gasteiger partial charge >= 0.3 is 0 Å². The summed E-state index contributed by atoms with van der Waals surface area (Å²) in [5.74, 6) is 0.720. The largest absolute Gasteiger partial charge is 0.483 e. The van der Waals surface area contributed by atoms with Gasteiger partial charge in [0.25, 0.3) is 5.91 Å². The van der Waals surface area contributed by atoms with E-state index in [1.54, 1.807) is 24.5 Å². The number of benzene rings is 2. The van der Waals surface area contributed by atoms with E-state index >= 15 is 0 Å². The van der Waals surface area contributed by atoms with Gasteiger partial charge in [-0.3, -0.25) is 4.79 Å². The van der Waals surface area contributed by atoms with Crippen LogP contribution in [-0.2, 0) is 11.8 Å². The molecule has 140 valence electrons. The Kier molecular flexibility index (Phi) is 5.54. The Balaban J connectivity index is 1.76. The quantitative estimate of drug-likeness (QED) is 0.726. The van der Waals surface area contributed by atoms with Crippen molar-refractivity contribution in [3.8, 4) is 5.75 Å². The Bertz CT molecular complexity index is 935. The maximum Gasteiger partial charge on any atom is 0.258 e. The number of halogens is 1. The van der Waals surface area contributed by atoms with Gasteiger partial charge in [0.1, 0.15) is 23.4 Å². The highest BCUT2D eigenvalue weighted by molar-refractivity contribution is 5.78. The molecular weight excluding hydrogens is 345 g/mol. The number of amides is 1. The predicted octanol–water partition coefficient (Wildman–Crippen LogP) is 3.46. The molecule has 0 fully saturated rings. The third-order valence-corrected chi connectivity index (χ3v) is 4.54. The number of hydrogen-bond donors (Lipinski definition) is 1. The first-order valence-electron chi connectivity index (χ1n) is 8.67. The van der Waals surface area contributed by atoms with E-state index in [1.807, 2.05) is 43.7 Å². The maximum atomic E-state index is 13.3. The summed E-state index contributed by atoms with van der Waals surface area (Å²) in [6.07, 6.45) is 3.45. The molecule has 1 unspecified atom stereocenters. The molecule has 0 radical (unpaired) electrons. The highest BCUT2D eigenvalue weighted by Crippen LogP contribution is 2.22. The van der Waals surface area contributed by atoms with Crippen molar-refractivity contribution in [3.05, 3.63) is 83.2 Å². The zero-order chi connectivity index (χ0) is 19.4. The van der Waals surface area contributed by atoms with E-state index in [0.717, 1.165) is 16.7 Å². The fraction of sp³-hybridized carbons (Fsp3) is 0.238. The van der Waals surface area contributed by atoms with E-state index in [1.165, 1.54) is 12.1 Å². The van der Waals surface area contributed by atoms with Gasteiger partial charge in [0.2, 0.25) is 0 Å². The first kappa shape index (κ1) is 18.6. The summed E-state index contributed by atoms with van der Waals surface area (Å²) < 4.78 is 20.8. The molecule has 1 N–H and O–H groups in total. The van der Waals surface area contributed by atoms with Gasteiger partial charge in [0.05, 0.1) is 0 Å². The van der Waals surface area contributed by atoms with Crippen LogP contribution in [0.15, 0.2) is 54.9 Å². The Labute approximate surface area is 157 Å². The minimum Gasteiger partial charge on any atom is -0.483 e. The molecule has 0 spiro atoms. The number of aryl methyl sites for hydroxylation is 2. The monoisotopic (exact) mass is 367 g/mol. The summed E-state index contributed by atoms with van der Waals surface area (Å²) in [6, 6.07) is 11.2. The summed E-state index contributed by atoms with van der Waals surface area (Å²) in [5.41, 5.74) is 2.85. The number of hydrogen-bond acceptors (Lipinski definition) is 3. The number of aromatic nitrogens is 2. The number of carbonyl (C=O) groups is 1. The summed E-state index contributed by atoms with van der Waals surface area (Å²) in [7, 11) is 1.84. The first-order chi connectivity index (χ1) is 13.0. The van der Waals surface area contributed by atoms with Gasteiger partial charge in [0.15, 0.2) is 6.61 Å². The summed E-state index contributed by atoms with van der Waals surface area (Å²) in [5, 5.41) is 2.93. The molecule has 0 aliphatic carbocycles. The van der Waals surface area contributed by atoms with Gasteiger partial charge in [0, 0.05) is 19.4 Å². The highest BCUT2D eigenvalue weighted by Gasteiger charge is 2.21. The molecular formula is C21H22FN3O2. The van der Waals surface area contributed by atoms with Crippen LogP contribution >= 0.6 is 0 Å². The first-order valence-corrected chi connectivity index (χ1v) is 8.67. The van der Waals surface area contributed by atoms with Gasteiger partial charge in [-0.05, 0) is 48.7 Å². The summed E-state index contributed by atoms with van der Waals surface area (Å²) in [6.45, 7) is 3.83. The molecule has 1 amide bonds. The molecule has 0 aliphatic rings. The van der Waals surface area contributed by atoms with Gasteiger partial charge in [-0.2, -0.15) is 0 Å². The van der Waals surface area contributed by atoms with Crippen LogP contribution in [0.2, 0.25) is 0 Å². The van der Waals surface area contributed by atoms with Gasteiger partial charge in [-0.1, -0.05) is 24.3 Å². The van der Waals surface area contributed by atoms with Crippen molar-refractivity contribution >= 4 is 5.91 Å². The fourth-order valence-electron chi connectivity index (χ4n) is 2.83. The van der Waals surface area contributed by atoms with Crippen molar-refractivity contribution < 1.29 is 13.9 Å². The Morgan fingerprint density at radius 3 is 2.63 bits per heavy atom. The van der Waals surface area contributed by atoms with E-state index in [9.17, 15) is 9.18 Å². The van der Waals surface area contributed by atoms with Crippen LogP contribution in [0, 0.1) is 19.7 Å². The smallest absolute Gasteiger partial charge is 0.258 e. The minimum absolute atomic E-state index is 0.119. The van der Waals surface area contributed by atoms with Crippen molar-refractivity contribution in [3.63, 3.8) is 0 Å². The summed E-state index contributed by atoms with van der Waals surface area (Å²) in [4.78, 5) is 16.8. The van der Waals surface area contributed by atoms with E-state index in [2.05, 4.69) is 10.3 Å². The number of nitrogens with one attached hydrogen (secondary N) is 1. The average Bonchev–Trinajstić information content (AvgIpc) is 3.07. The SMILES string of the molecule is Cc1cccc(OCC(=O)NC(c2ccc(F)cc2)c2nccn2C)c1C. The molecule has 0 saturated heterocycles. The van der Waals surface area contributed by atoms with Crippen LogP contribution < -0.4 is 10.1 Å². The van der Waals surface area contributed by atoms with Crippen molar-refractivity contribution in [2.24, 2.45) is 7.05 Å². The minimum atomic E-state index is -0.500. The third-order valence-electron chi connectivity index (χ3n) is 4.54. The number of ether oxygens (including phenoxy) is 1. The molecule has 1 aromatic heterocycles. The highest BCUT2D eigenvalue weighted by atomic mass is 19.1. The van der Waals surface area contributed by atoms with Crippen LogP contribution in [0.25, 0.3) is 0 Å². The van der Waals surface area contributed by atoms with Crippen LogP contribution in [0.1, 0.15) is 28.6 Å². The molecule has 0 aliphatic heterocycles. The lowest BCUT2D eigenvalue weighted by atomic mass is 10.1. The molecule has 1 atom stereocenters. The van der Waals surface area contributed by atoms with E-state index in [4.69, 9.17) is 4.74 Å². The predicted molar refractivity (Wildman–Crippen MR) is 101 cm³/mol. The van der Waals surface area contributed by atoms with Crippen molar-refractivity contribution in [2.75, 3.05) is 6.61 Å². The molecule has 5 nitrogen and oxygen atoms in total. The topological polar surface area (TPSA) is 56.1 Å². The summed E-state index contributed by atoms with van der Waals surface area (Å²) >= 11 is 0. The number of imidazole rings is 1. The Hall–Kier alpha value is -3.15. The van der Waals surface area contributed by atoms with Crippen molar-refractivity contribution in [1.29, 1.82) is 0 Å². The molecule has 3 aromatic rings. The third kappa shape index (κ3) is 4.34.